The summed E-state index contributed by atoms with van der Waals surface area (Å²) in [5.41, 5.74) is 5.64. The van der Waals surface area contributed by atoms with E-state index in [0.717, 1.165) is 51.5 Å². The third kappa shape index (κ3) is 3.87. The van der Waals surface area contributed by atoms with Crippen molar-refractivity contribution in [2.24, 2.45) is 5.92 Å². The first kappa shape index (κ1) is 19.7. The van der Waals surface area contributed by atoms with Crippen LogP contribution in [0.25, 0.3) is 27.5 Å². The van der Waals surface area contributed by atoms with E-state index < -0.39 is 0 Å². The molecular formula is C28H23N3O2. The molecule has 5 heteroatoms. The molecule has 5 aromatic rings. The van der Waals surface area contributed by atoms with Crippen LogP contribution in [0.5, 0.6) is 0 Å². The summed E-state index contributed by atoms with van der Waals surface area (Å²) >= 11 is 0. The van der Waals surface area contributed by atoms with Gasteiger partial charge >= 0.3 is 0 Å². The van der Waals surface area contributed by atoms with Crippen molar-refractivity contribution in [1.82, 2.24) is 14.8 Å². The van der Waals surface area contributed by atoms with Crippen LogP contribution in [-0.2, 0) is 17.6 Å². The largest absolute Gasteiger partial charge is 0.361 e. The summed E-state index contributed by atoms with van der Waals surface area (Å²) in [6.07, 6.45) is 6.66. The standard InChI is InChI=1S/C28H23N3O2/c32-27(21-5-6-21)14-18-1-8-24(9-2-18)31-26-10-3-19(13-23(26)17-30-31)15-28(33)22-7-4-20-11-12-29-25(20)16-22/h1-4,7-13,16-17,21,29H,5-6,14-15H2. The number of hydrogen-bond donors (Lipinski definition) is 1. The SMILES string of the molecule is O=C(Cc1ccc2c(cnn2-c2ccc(CC(=O)C3CC3)cc2)c1)c1ccc2cc[nH]c2c1. The second-order valence-corrected chi connectivity index (χ2v) is 8.91. The number of H-pyrrole nitrogens is 1. The first-order valence-electron chi connectivity index (χ1n) is 11.3. The zero-order valence-corrected chi connectivity index (χ0v) is 18.1. The highest BCUT2D eigenvalue weighted by Crippen LogP contribution is 2.31. The summed E-state index contributed by atoms with van der Waals surface area (Å²) in [5, 5.41) is 6.66. The lowest BCUT2D eigenvalue weighted by Gasteiger charge is -2.07. The number of benzene rings is 3. The number of nitrogens with zero attached hydrogens (tertiary/aromatic N) is 2. The highest BCUT2D eigenvalue weighted by atomic mass is 16.1. The number of aromatic nitrogens is 3. The highest BCUT2D eigenvalue weighted by Gasteiger charge is 2.29. The minimum absolute atomic E-state index is 0.0922. The van der Waals surface area contributed by atoms with Crippen molar-refractivity contribution in [3.63, 3.8) is 0 Å². The predicted molar refractivity (Wildman–Crippen MR) is 129 cm³/mol. The summed E-state index contributed by atoms with van der Waals surface area (Å²) in [5.74, 6) is 0.731. The number of rotatable bonds is 7. The van der Waals surface area contributed by atoms with Crippen molar-refractivity contribution in [3.05, 3.63) is 95.8 Å². The Balaban J connectivity index is 1.21. The number of fused-ring (bicyclic) bond motifs is 2. The lowest BCUT2D eigenvalue weighted by Crippen LogP contribution is -2.05. The predicted octanol–water partition coefficient (Wildman–Crippen LogP) is 5.45. The minimum atomic E-state index is 0.0922. The van der Waals surface area contributed by atoms with Crippen LogP contribution in [0.2, 0.25) is 0 Å². The molecule has 2 aromatic heterocycles. The Labute approximate surface area is 191 Å². The van der Waals surface area contributed by atoms with E-state index in [0.29, 0.717) is 24.2 Å². The van der Waals surface area contributed by atoms with E-state index in [2.05, 4.69) is 10.1 Å². The molecule has 0 unspecified atom stereocenters. The molecule has 0 amide bonds. The zero-order chi connectivity index (χ0) is 22.4. The average molecular weight is 434 g/mol. The molecule has 2 heterocycles. The lowest BCUT2D eigenvalue weighted by atomic mass is 10.0. The van der Waals surface area contributed by atoms with Gasteiger partial charge in [-0.05, 0) is 65.8 Å². The molecule has 0 radical (unpaired) electrons. The fraction of sp³-hybridized carbons (Fsp3) is 0.179. The number of nitrogens with one attached hydrogen (secondary N) is 1. The third-order valence-electron chi connectivity index (χ3n) is 6.47. The molecule has 0 aliphatic heterocycles. The maximum atomic E-state index is 12.8. The maximum Gasteiger partial charge on any atom is 0.167 e. The Morgan fingerprint density at radius 3 is 2.52 bits per heavy atom. The van der Waals surface area contributed by atoms with Crippen LogP contribution >= 0.6 is 0 Å². The van der Waals surface area contributed by atoms with Gasteiger partial charge in [-0.25, -0.2) is 4.68 Å². The van der Waals surface area contributed by atoms with E-state index in [9.17, 15) is 9.59 Å². The van der Waals surface area contributed by atoms with Gasteiger partial charge in [0, 0.05) is 41.4 Å². The molecule has 5 nitrogen and oxygen atoms in total. The van der Waals surface area contributed by atoms with Crippen LogP contribution in [-0.4, -0.2) is 26.3 Å². The molecule has 1 aliphatic carbocycles. The molecule has 1 aliphatic rings. The molecule has 1 saturated carbocycles. The quantitative estimate of drug-likeness (QED) is 0.347. The molecule has 33 heavy (non-hydrogen) atoms. The fourth-order valence-electron chi connectivity index (χ4n) is 4.41. The Hall–Kier alpha value is -3.99. The Bertz CT molecular complexity index is 1500. The molecule has 6 rings (SSSR count). The first-order valence-corrected chi connectivity index (χ1v) is 11.3. The number of aromatic amines is 1. The van der Waals surface area contributed by atoms with Crippen molar-refractivity contribution >= 4 is 33.4 Å². The maximum absolute atomic E-state index is 12.8. The number of carbonyl (C=O) groups is 2. The van der Waals surface area contributed by atoms with Gasteiger partial charge in [0.1, 0.15) is 5.78 Å². The third-order valence-corrected chi connectivity index (χ3v) is 6.47. The van der Waals surface area contributed by atoms with Crippen molar-refractivity contribution < 1.29 is 9.59 Å². The molecule has 3 aromatic carbocycles. The zero-order valence-electron chi connectivity index (χ0n) is 18.1. The van der Waals surface area contributed by atoms with E-state index >= 15 is 0 Å². The topological polar surface area (TPSA) is 67.8 Å². The van der Waals surface area contributed by atoms with Gasteiger partial charge in [0.15, 0.2) is 5.78 Å². The molecule has 1 fully saturated rings. The van der Waals surface area contributed by atoms with E-state index in [4.69, 9.17) is 0 Å². The Morgan fingerprint density at radius 1 is 0.879 bits per heavy atom. The van der Waals surface area contributed by atoms with Gasteiger partial charge in [0.25, 0.3) is 0 Å². The van der Waals surface area contributed by atoms with Crippen LogP contribution in [0.1, 0.15) is 34.3 Å². The monoisotopic (exact) mass is 433 g/mol. The molecule has 162 valence electrons. The van der Waals surface area contributed by atoms with Gasteiger partial charge in [-0.1, -0.05) is 30.3 Å². The van der Waals surface area contributed by atoms with Crippen molar-refractivity contribution in [3.8, 4) is 5.69 Å². The van der Waals surface area contributed by atoms with Gasteiger partial charge < -0.3 is 4.98 Å². The number of Topliss-reactive ketones (excluding diaryl/α,β-unsaturated/α-hetero) is 2. The van der Waals surface area contributed by atoms with Crippen LogP contribution in [0.15, 0.2) is 79.1 Å². The second-order valence-electron chi connectivity index (χ2n) is 8.91. The fourth-order valence-corrected chi connectivity index (χ4v) is 4.41. The Kier molecular flexibility index (Phi) is 4.68. The summed E-state index contributed by atoms with van der Waals surface area (Å²) < 4.78 is 1.90. The number of hydrogen-bond acceptors (Lipinski definition) is 3. The molecule has 0 atom stereocenters. The number of ketones is 2. The molecular weight excluding hydrogens is 410 g/mol. The lowest BCUT2D eigenvalue weighted by molar-refractivity contribution is -0.119. The smallest absolute Gasteiger partial charge is 0.167 e. The highest BCUT2D eigenvalue weighted by molar-refractivity contribution is 6.00. The van der Waals surface area contributed by atoms with Gasteiger partial charge in [0.2, 0.25) is 0 Å². The molecule has 0 bridgehead atoms. The summed E-state index contributed by atoms with van der Waals surface area (Å²) in [6, 6.07) is 21.9. The van der Waals surface area contributed by atoms with Crippen LogP contribution in [0, 0.1) is 5.92 Å². The minimum Gasteiger partial charge on any atom is -0.361 e. The molecule has 1 N–H and O–H groups in total. The normalized spacial score (nSPS) is 13.6. The van der Waals surface area contributed by atoms with E-state index in [1.165, 1.54) is 0 Å². The van der Waals surface area contributed by atoms with Gasteiger partial charge in [-0.15, -0.1) is 0 Å². The van der Waals surface area contributed by atoms with Gasteiger partial charge in [-0.2, -0.15) is 5.10 Å². The van der Waals surface area contributed by atoms with Gasteiger partial charge in [0.05, 0.1) is 17.4 Å². The molecule has 0 saturated heterocycles. The van der Waals surface area contributed by atoms with Crippen molar-refractivity contribution in [1.29, 1.82) is 0 Å². The van der Waals surface area contributed by atoms with E-state index in [-0.39, 0.29) is 11.7 Å². The first-order chi connectivity index (χ1) is 16.1. The number of carbonyl (C=O) groups excluding carboxylic acids is 2. The van der Waals surface area contributed by atoms with Crippen molar-refractivity contribution in [2.75, 3.05) is 0 Å². The Morgan fingerprint density at radius 2 is 1.70 bits per heavy atom. The summed E-state index contributed by atoms with van der Waals surface area (Å²) in [4.78, 5) is 28.1. The summed E-state index contributed by atoms with van der Waals surface area (Å²) in [7, 11) is 0. The summed E-state index contributed by atoms with van der Waals surface area (Å²) in [6.45, 7) is 0. The molecule has 0 spiro atoms. The average Bonchev–Trinajstić information content (AvgIpc) is 3.44. The second kappa shape index (κ2) is 7.85. The van der Waals surface area contributed by atoms with Crippen molar-refractivity contribution in [2.45, 2.75) is 25.7 Å². The van der Waals surface area contributed by atoms with Crippen LogP contribution in [0.4, 0.5) is 0 Å². The van der Waals surface area contributed by atoms with Crippen LogP contribution < -0.4 is 0 Å². The van der Waals surface area contributed by atoms with E-state index in [1.807, 2.05) is 83.8 Å². The van der Waals surface area contributed by atoms with Gasteiger partial charge in [-0.3, -0.25) is 9.59 Å². The van der Waals surface area contributed by atoms with Crippen LogP contribution in [0.3, 0.4) is 0 Å². The van der Waals surface area contributed by atoms with E-state index in [1.54, 1.807) is 0 Å².